The van der Waals surface area contributed by atoms with E-state index in [-0.39, 0.29) is 5.69 Å². The lowest BCUT2D eigenvalue weighted by molar-refractivity contribution is -0.137. The van der Waals surface area contributed by atoms with Crippen LogP contribution in [0.25, 0.3) is 5.69 Å². The summed E-state index contributed by atoms with van der Waals surface area (Å²) in [7, 11) is 0. The molecule has 0 atom stereocenters. The van der Waals surface area contributed by atoms with Crippen LogP contribution in [0.5, 0.6) is 11.5 Å². The number of hydrogen-bond acceptors (Lipinski definition) is 2. The molecule has 0 fully saturated rings. The van der Waals surface area contributed by atoms with Crippen LogP contribution in [-0.4, -0.2) is 10.5 Å². The van der Waals surface area contributed by atoms with E-state index in [1.807, 2.05) is 30.3 Å². The number of aryl methyl sites for hydroxylation is 1. The van der Waals surface area contributed by atoms with Crippen LogP contribution in [-0.2, 0) is 6.18 Å². The number of para-hydroxylation sites is 2. The van der Waals surface area contributed by atoms with Crippen molar-refractivity contribution in [2.24, 2.45) is 0 Å². The van der Waals surface area contributed by atoms with E-state index in [0.29, 0.717) is 34.1 Å². The molecular formula is C26H21F3N2O2. The van der Waals surface area contributed by atoms with Crippen molar-refractivity contribution in [3.8, 4) is 17.2 Å². The quantitative estimate of drug-likeness (QED) is 0.351. The first-order chi connectivity index (χ1) is 15.7. The molecule has 0 aliphatic heterocycles. The van der Waals surface area contributed by atoms with Gasteiger partial charge in [-0.05, 0) is 68.4 Å². The topological polar surface area (TPSA) is 43.3 Å². The number of nitrogens with one attached hydrogen (secondary N) is 1. The number of benzene rings is 3. The molecule has 0 aliphatic carbocycles. The maximum Gasteiger partial charge on any atom is 0.418 e. The number of amides is 1. The highest BCUT2D eigenvalue weighted by molar-refractivity contribution is 6.05. The summed E-state index contributed by atoms with van der Waals surface area (Å²) < 4.78 is 47.7. The van der Waals surface area contributed by atoms with E-state index in [1.54, 1.807) is 50.2 Å². The van der Waals surface area contributed by atoms with Crippen LogP contribution in [0.4, 0.5) is 18.9 Å². The molecule has 7 heteroatoms. The molecule has 3 aromatic carbocycles. The number of halogens is 3. The Balaban J connectivity index is 1.56. The molecular weight excluding hydrogens is 429 g/mol. The zero-order valence-electron chi connectivity index (χ0n) is 18.0. The van der Waals surface area contributed by atoms with Gasteiger partial charge in [-0.2, -0.15) is 13.2 Å². The molecule has 1 amide bonds. The number of aromatic nitrogens is 1. The van der Waals surface area contributed by atoms with Gasteiger partial charge in [0.25, 0.3) is 5.91 Å². The standard InChI is InChI=1S/C26H21F3N2O2/c1-17-16-22(18(2)31(17)24-11-7-6-10-23(24)26(27,28)29)25(32)30-19-12-14-21(15-13-19)33-20-8-4-3-5-9-20/h3-16H,1-2H3,(H,30,32). The van der Waals surface area contributed by atoms with Crippen LogP contribution in [0.1, 0.15) is 27.3 Å². The van der Waals surface area contributed by atoms with Crippen molar-refractivity contribution >= 4 is 11.6 Å². The summed E-state index contributed by atoms with van der Waals surface area (Å²) in [6.07, 6.45) is -4.51. The van der Waals surface area contributed by atoms with Gasteiger partial charge in [0, 0.05) is 17.1 Å². The molecule has 33 heavy (non-hydrogen) atoms. The van der Waals surface area contributed by atoms with Gasteiger partial charge in [0.1, 0.15) is 11.5 Å². The van der Waals surface area contributed by atoms with Crippen LogP contribution in [0.2, 0.25) is 0 Å². The zero-order valence-corrected chi connectivity index (χ0v) is 18.0. The number of alkyl halides is 3. The minimum Gasteiger partial charge on any atom is -0.457 e. The third-order valence-corrected chi connectivity index (χ3v) is 5.22. The average Bonchev–Trinajstić information content (AvgIpc) is 3.09. The molecule has 168 valence electrons. The Bertz CT molecular complexity index is 1280. The molecule has 1 N–H and O–H groups in total. The predicted octanol–water partition coefficient (Wildman–Crippen LogP) is 7.16. The molecule has 0 aliphatic rings. The Kier molecular flexibility index (Phi) is 5.96. The summed E-state index contributed by atoms with van der Waals surface area (Å²) in [6, 6.07) is 23.1. The molecule has 1 heterocycles. The Labute approximate surface area is 189 Å². The van der Waals surface area contributed by atoms with Crippen molar-refractivity contribution in [2.75, 3.05) is 5.32 Å². The molecule has 0 saturated carbocycles. The first-order valence-corrected chi connectivity index (χ1v) is 10.2. The molecule has 0 unspecified atom stereocenters. The minimum absolute atomic E-state index is 0.0125. The summed E-state index contributed by atoms with van der Waals surface area (Å²) in [6.45, 7) is 3.30. The Morgan fingerprint density at radius 3 is 2.12 bits per heavy atom. The molecule has 4 nitrogen and oxygen atoms in total. The molecule has 0 saturated heterocycles. The van der Waals surface area contributed by atoms with E-state index in [0.717, 1.165) is 6.07 Å². The molecule has 0 spiro atoms. The zero-order chi connectivity index (χ0) is 23.6. The Hall–Kier alpha value is -4.00. The van der Waals surface area contributed by atoms with Gasteiger partial charge in [-0.25, -0.2) is 0 Å². The van der Waals surface area contributed by atoms with Crippen LogP contribution in [0.3, 0.4) is 0 Å². The number of ether oxygens (including phenoxy) is 1. The van der Waals surface area contributed by atoms with Crippen LogP contribution >= 0.6 is 0 Å². The second-order valence-electron chi connectivity index (χ2n) is 7.53. The van der Waals surface area contributed by atoms with Crippen molar-refractivity contribution in [1.82, 2.24) is 4.57 Å². The summed E-state index contributed by atoms with van der Waals surface area (Å²) >= 11 is 0. The number of carbonyl (C=O) groups is 1. The highest BCUT2D eigenvalue weighted by Crippen LogP contribution is 2.35. The van der Waals surface area contributed by atoms with Gasteiger partial charge in [0.15, 0.2) is 0 Å². The molecule has 0 radical (unpaired) electrons. The normalized spacial score (nSPS) is 11.3. The second kappa shape index (κ2) is 8.86. The number of carbonyl (C=O) groups excluding carboxylic acids is 1. The van der Waals surface area contributed by atoms with Crippen LogP contribution in [0, 0.1) is 13.8 Å². The number of hydrogen-bond donors (Lipinski definition) is 1. The minimum atomic E-state index is -4.51. The number of nitrogens with zero attached hydrogens (tertiary/aromatic N) is 1. The van der Waals surface area contributed by atoms with Crippen LogP contribution in [0.15, 0.2) is 84.9 Å². The SMILES string of the molecule is Cc1cc(C(=O)Nc2ccc(Oc3ccccc3)cc2)c(C)n1-c1ccccc1C(F)(F)F. The fourth-order valence-electron chi connectivity index (χ4n) is 3.70. The van der Waals surface area contributed by atoms with E-state index in [1.165, 1.54) is 16.7 Å². The third kappa shape index (κ3) is 4.77. The maximum absolute atomic E-state index is 13.5. The van der Waals surface area contributed by atoms with Gasteiger partial charge in [-0.15, -0.1) is 0 Å². The van der Waals surface area contributed by atoms with Crippen molar-refractivity contribution in [1.29, 1.82) is 0 Å². The lowest BCUT2D eigenvalue weighted by Gasteiger charge is -2.16. The number of rotatable bonds is 5. The summed E-state index contributed by atoms with van der Waals surface area (Å²) in [5.74, 6) is 0.901. The lowest BCUT2D eigenvalue weighted by Crippen LogP contribution is -2.14. The molecule has 0 bridgehead atoms. The summed E-state index contributed by atoms with van der Waals surface area (Å²) in [5, 5.41) is 2.80. The smallest absolute Gasteiger partial charge is 0.418 e. The largest absolute Gasteiger partial charge is 0.457 e. The molecule has 4 rings (SSSR count). The Morgan fingerprint density at radius 1 is 0.848 bits per heavy atom. The molecule has 1 aromatic heterocycles. The predicted molar refractivity (Wildman–Crippen MR) is 121 cm³/mol. The fourth-order valence-corrected chi connectivity index (χ4v) is 3.70. The van der Waals surface area contributed by atoms with E-state index in [4.69, 9.17) is 4.74 Å². The van der Waals surface area contributed by atoms with E-state index < -0.39 is 17.6 Å². The summed E-state index contributed by atoms with van der Waals surface area (Å²) in [4.78, 5) is 12.9. The highest BCUT2D eigenvalue weighted by atomic mass is 19.4. The van der Waals surface area contributed by atoms with E-state index in [2.05, 4.69) is 5.32 Å². The third-order valence-electron chi connectivity index (χ3n) is 5.22. The van der Waals surface area contributed by atoms with Crippen molar-refractivity contribution < 1.29 is 22.7 Å². The Morgan fingerprint density at radius 2 is 1.45 bits per heavy atom. The maximum atomic E-state index is 13.5. The van der Waals surface area contributed by atoms with Gasteiger partial charge in [0.05, 0.1) is 16.8 Å². The van der Waals surface area contributed by atoms with Gasteiger partial charge in [-0.1, -0.05) is 30.3 Å². The van der Waals surface area contributed by atoms with Gasteiger partial charge < -0.3 is 14.6 Å². The van der Waals surface area contributed by atoms with Gasteiger partial charge in [-0.3, -0.25) is 4.79 Å². The lowest BCUT2D eigenvalue weighted by atomic mass is 10.1. The second-order valence-corrected chi connectivity index (χ2v) is 7.53. The van der Waals surface area contributed by atoms with Gasteiger partial charge >= 0.3 is 6.18 Å². The fraction of sp³-hybridized carbons (Fsp3) is 0.115. The first kappa shape index (κ1) is 22.2. The average molecular weight is 450 g/mol. The van der Waals surface area contributed by atoms with Crippen LogP contribution < -0.4 is 10.1 Å². The summed E-state index contributed by atoms with van der Waals surface area (Å²) in [5.41, 5.74) is 1.02. The van der Waals surface area contributed by atoms with Crippen molar-refractivity contribution in [3.05, 3.63) is 107 Å². The van der Waals surface area contributed by atoms with E-state index >= 15 is 0 Å². The van der Waals surface area contributed by atoms with Gasteiger partial charge in [0.2, 0.25) is 0 Å². The van der Waals surface area contributed by atoms with Crippen molar-refractivity contribution in [3.63, 3.8) is 0 Å². The monoisotopic (exact) mass is 450 g/mol. The van der Waals surface area contributed by atoms with Crippen molar-refractivity contribution in [2.45, 2.75) is 20.0 Å². The highest BCUT2D eigenvalue weighted by Gasteiger charge is 2.34. The molecule has 4 aromatic rings. The first-order valence-electron chi connectivity index (χ1n) is 10.2. The number of anilines is 1. The van der Waals surface area contributed by atoms with E-state index in [9.17, 15) is 18.0 Å².